The van der Waals surface area contributed by atoms with Gasteiger partial charge >= 0.3 is 6.61 Å². The number of anilines is 3. The summed E-state index contributed by atoms with van der Waals surface area (Å²) in [6.07, 6.45) is 1.84. The fraction of sp³-hybridized carbons (Fsp3) is 0.167. The minimum atomic E-state index is -2.84. The van der Waals surface area contributed by atoms with Crippen LogP contribution in [0.5, 0.6) is 5.75 Å². The van der Waals surface area contributed by atoms with Gasteiger partial charge in [0.2, 0.25) is 0 Å². The number of hydrazine groups is 1. The van der Waals surface area contributed by atoms with Crippen LogP contribution in [0.2, 0.25) is 0 Å². The molecule has 112 valence electrons. The van der Waals surface area contributed by atoms with E-state index in [1.807, 2.05) is 6.26 Å². The Bertz CT molecular complexity index is 574. The standard InChI is InChI=1S/C12H13F2N5OS/c1-21-12-17-9(6-10(18-12)19-15)16-7-2-4-8(5-3-7)20-11(13)14/h2-6,11H,15H2,1H3,(H2,16,17,18,19). The van der Waals surface area contributed by atoms with Crippen molar-refractivity contribution in [3.8, 4) is 5.75 Å². The SMILES string of the molecule is CSc1nc(NN)cc(Nc2ccc(OC(F)F)cc2)n1. The molecule has 0 saturated heterocycles. The van der Waals surface area contributed by atoms with Gasteiger partial charge < -0.3 is 15.5 Å². The molecule has 0 unspecified atom stereocenters. The molecule has 1 heterocycles. The average Bonchev–Trinajstić information content (AvgIpc) is 2.48. The van der Waals surface area contributed by atoms with Gasteiger partial charge in [0.15, 0.2) is 5.16 Å². The zero-order valence-corrected chi connectivity index (χ0v) is 11.8. The van der Waals surface area contributed by atoms with Gasteiger partial charge in [0.05, 0.1) is 0 Å². The molecule has 1 aromatic heterocycles. The van der Waals surface area contributed by atoms with Gasteiger partial charge in [-0.1, -0.05) is 11.8 Å². The lowest BCUT2D eigenvalue weighted by molar-refractivity contribution is -0.0498. The zero-order chi connectivity index (χ0) is 15.2. The van der Waals surface area contributed by atoms with Crippen molar-refractivity contribution in [1.29, 1.82) is 0 Å². The van der Waals surface area contributed by atoms with Crippen LogP contribution in [-0.2, 0) is 0 Å². The van der Waals surface area contributed by atoms with Gasteiger partial charge in [0, 0.05) is 11.8 Å². The Morgan fingerprint density at radius 3 is 2.43 bits per heavy atom. The van der Waals surface area contributed by atoms with Crippen LogP contribution in [0.4, 0.5) is 26.1 Å². The number of nitrogens with one attached hydrogen (secondary N) is 2. The van der Waals surface area contributed by atoms with Crippen LogP contribution in [0, 0.1) is 0 Å². The van der Waals surface area contributed by atoms with Gasteiger partial charge in [-0.15, -0.1) is 0 Å². The molecule has 2 rings (SSSR count). The third-order valence-corrected chi connectivity index (χ3v) is 2.94. The maximum absolute atomic E-state index is 12.1. The van der Waals surface area contributed by atoms with Gasteiger partial charge in [0.25, 0.3) is 0 Å². The zero-order valence-electron chi connectivity index (χ0n) is 11.0. The molecule has 4 N–H and O–H groups in total. The smallest absolute Gasteiger partial charge is 0.387 e. The fourth-order valence-electron chi connectivity index (χ4n) is 1.52. The summed E-state index contributed by atoms with van der Waals surface area (Å²) in [6.45, 7) is -2.84. The summed E-state index contributed by atoms with van der Waals surface area (Å²) in [4.78, 5) is 8.39. The van der Waals surface area contributed by atoms with E-state index in [1.54, 1.807) is 18.2 Å². The Morgan fingerprint density at radius 2 is 1.86 bits per heavy atom. The minimum Gasteiger partial charge on any atom is -0.435 e. The first kappa shape index (κ1) is 15.3. The number of halogens is 2. The van der Waals surface area contributed by atoms with E-state index in [0.717, 1.165) is 0 Å². The van der Waals surface area contributed by atoms with Crippen LogP contribution in [-0.4, -0.2) is 22.8 Å². The van der Waals surface area contributed by atoms with Crippen LogP contribution >= 0.6 is 11.8 Å². The van der Waals surface area contributed by atoms with Gasteiger partial charge in [0.1, 0.15) is 17.4 Å². The van der Waals surface area contributed by atoms with Crippen molar-refractivity contribution in [1.82, 2.24) is 9.97 Å². The van der Waals surface area contributed by atoms with Gasteiger partial charge in [-0.25, -0.2) is 15.8 Å². The van der Waals surface area contributed by atoms with Crippen molar-refractivity contribution in [3.05, 3.63) is 30.3 Å². The van der Waals surface area contributed by atoms with Crippen molar-refractivity contribution in [2.24, 2.45) is 5.84 Å². The van der Waals surface area contributed by atoms with Crippen molar-refractivity contribution in [2.75, 3.05) is 17.0 Å². The summed E-state index contributed by atoms with van der Waals surface area (Å²) in [7, 11) is 0. The fourth-order valence-corrected chi connectivity index (χ4v) is 1.90. The highest BCUT2D eigenvalue weighted by Crippen LogP contribution is 2.23. The molecule has 0 amide bonds. The van der Waals surface area contributed by atoms with Gasteiger partial charge in [-0.05, 0) is 30.5 Å². The van der Waals surface area contributed by atoms with E-state index in [2.05, 4.69) is 25.4 Å². The molecule has 9 heteroatoms. The van der Waals surface area contributed by atoms with Gasteiger partial charge in [-0.3, -0.25) is 0 Å². The Labute approximate surface area is 124 Å². The lowest BCUT2D eigenvalue weighted by Crippen LogP contribution is -2.10. The summed E-state index contributed by atoms with van der Waals surface area (Å²) in [5.74, 6) is 6.43. The number of aromatic nitrogens is 2. The molecular formula is C12H13F2N5OS. The number of ether oxygens (including phenoxy) is 1. The highest BCUT2D eigenvalue weighted by atomic mass is 32.2. The first-order chi connectivity index (χ1) is 10.1. The molecule has 0 fully saturated rings. The molecule has 0 bridgehead atoms. The highest BCUT2D eigenvalue weighted by Gasteiger charge is 2.06. The number of nitrogen functional groups attached to an aromatic ring is 1. The van der Waals surface area contributed by atoms with E-state index in [4.69, 9.17) is 5.84 Å². The summed E-state index contributed by atoms with van der Waals surface area (Å²) in [5, 5.41) is 3.58. The second kappa shape index (κ2) is 7.04. The van der Waals surface area contributed by atoms with E-state index < -0.39 is 6.61 Å². The summed E-state index contributed by atoms with van der Waals surface area (Å²) in [6, 6.07) is 7.71. The average molecular weight is 313 g/mol. The van der Waals surface area contributed by atoms with Crippen molar-refractivity contribution in [2.45, 2.75) is 11.8 Å². The van der Waals surface area contributed by atoms with Crippen LogP contribution in [0.25, 0.3) is 0 Å². The predicted molar refractivity (Wildman–Crippen MR) is 78.0 cm³/mol. The highest BCUT2D eigenvalue weighted by molar-refractivity contribution is 7.98. The molecule has 0 aliphatic carbocycles. The quantitative estimate of drug-likeness (QED) is 0.327. The molecular weight excluding hydrogens is 300 g/mol. The summed E-state index contributed by atoms with van der Waals surface area (Å²) >= 11 is 1.37. The van der Waals surface area contributed by atoms with E-state index in [9.17, 15) is 8.78 Å². The third kappa shape index (κ3) is 4.43. The molecule has 0 radical (unpaired) electrons. The number of thioether (sulfide) groups is 1. The number of hydrogen-bond acceptors (Lipinski definition) is 7. The topological polar surface area (TPSA) is 85.1 Å². The van der Waals surface area contributed by atoms with Crippen LogP contribution < -0.4 is 21.3 Å². The largest absolute Gasteiger partial charge is 0.435 e. The molecule has 0 spiro atoms. The van der Waals surface area contributed by atoms with Crippen molar-refractivity contribution in [3.63, 3.8) is 0 Å². The number of nitrogens with zero attached hydrogens (tertiary/aromatic N) is 2. The van der Waals surface area contributed by atoms with E-state index in [0.29, 0.717) is 22.5 Å². The first-order valence-electron chi connectivity index (χ1n) is 5.82. The molecule has 1 aromatic carbocycles. The number of benzene rings is 1. The predicted octanol–water partition coefficient (Wildman–Crippen LogP) is 2.83. The Balaban J connectivity index is 2.14. The van der Waals surface area contributed by atoms with Crippen molar-refractivity contribution >= 4 is 29.1 Å². The monoisotopic (exact) mass is 313 g/mol. The first-order valence-corrected chi connectivity index (χ1v) is 7.05. The summed E-state index contributed by atoms with van der Waals surface area (Å²) < 4.78 is 28.4. The Hall–Kier alpha value is -2.13. The molecule has 21 heavy (non-hydrogen) atoms. The maximum atomic E-state index is 12.1. The van der Waals surface area contributed by atoms with Crippen LogP contribution in [0.3, 0.4) is 0 Å². The maximum Gasteiger partial charge on any atom is 0.387 e. The Kier molecular flexibility index (Phi) is 5.12. The van der Waals surface area contributed by atoms with E-state index in [-0.39, 0.29) is 5.75 Å². The van der Waals surface area contributed by atoms with Crippen molar-refractivity contribution < 1.29 is 13.5 Å². The molecule has 2 aromatic rings. The van der Waals surface area contributed by atoms with E-state index >= 15 is 0 Å². The van der Waals surface area contributed by atoms with Gasteiger partial charge in [-0.2, -0.15) is 8.78 Å². The molecule has 0 saturated carbocycles. The van der Waals surface area contributed by atoms with Crippen LogP contribution in [0.15, 0.2) is 35.5 Å². The van der Waals surface area contributed by atoms with E-state index in [1.165, 1.54) is 23.9 Å². The third-order valence-electron chi connectivity index (χ3n) is 2.39. The lowest BCUT2D eigenvalue weighted by atomic mass is 10.3. The number of nitrogens with two attached hydrogens (primary N) is 1. The second-order valence-corrected chi connectivity index (χ2v) is 4.57. The lowest BCUT2D eigenvalue weighted by Gasteiger charge is -2.09. The number of alkyl halides is 2. The molecule has 0 atom stereocenters. The molecule has 0 aliphatic rings. The minimum absolute atomic E-state index is 0.0901. The Morgan fingerprint density at radius 1 is 1.19 bits per heavy atom. The number of hydrogen-bond donors (Lipinski definition) is 3. The second-order valence-electron chi connectivity index (χ2n) is 3.80. The number of rotatable bonds is 6. The molecule has 6 nitrogen and oxygen atoms in total. The normalized spacial score (nSPS) is 10.5. The summed E-state index contributed by atoms with van der Waals surface area (Å²) in [5.41, 5.74) is 3.12. The van der Waals surface area contributed by atoms with Crippen LogP contribution in [0.1, 0.15) is 0 Å². The molecule has 0 aliphatic heterocycles.